The van der Waals surface area contributed by atoms with Gasteiger partial charge in [-0.1, -0.05) is 30.3 Å². The van der Waals surface area contributed by atoms with E-state index in [1.54, 1.807) is 11.3 Å². The SMILES string of the molecule is Cc1nc(-c2ccc(-c3cc(C(N)=O)c(Nc4cccc(CN5CCOCC5)n4)s3)cc2)cs1. The van der Waals surface area contributed by atoms with Crippen molar-refractivity contribution in [2.24, 2.45) is 5.73 Å². The molecule has 1 amide bonds. The molecule has 0 atom stereocenters. The van der Waals surface area contributed by atoms with Crippen LogP contribution in [-0.2, 0) is 11.3 Å². The summed E-state index contributed by atoms with van der Waals surface area (Å²) in [7, 11) is 0. The Balaban J connectivity index is 1.36. The zero-order chi connectivity index (χ0) is 23.5. The fourth-order valence-electron chi connectivity index (χ4n) is 3.85. The molecule has 1 aromatic carbocycles. The molecule has 1 fully saturated rings. The van der Waals surface area contributed by atoms with Crippen LogP contribution in [0.3, 0.4) is 0 Å². The summed E-state index contributed by atoms with van der Waals surface area (Å²) in [6.45, 7) is 6.08. The van der Waals surface area contributed by atoms with Gasteiger partial charge in [0.05, 0.1) is 35.2 Å². The van der Waals surface area contributed by atoms with Crippen molar-refractivity contribution in [3.05, 3.63) is 70.2 Å². The summed E-state index contributed by atoms with van der Waals surface area (Å²) in [5, 5.41) is 7.11. The highest BCUT2D eigenvalue weighted by Gasteiger charge is 2.17. The maximum absolute atomic E-state index is 12.2. The number of primary amides is 1. The molecule has 4 aromatic rings. The Hall–Kier alpha value is -3.11. The lowest BCUT2D eigenvalue weighted by Crippen LogP contribution is -2.35. The number of nitrogens with one attached hydrogen (secondary N) is 1. The number of rotatable bonds is 7. The van der Waals surface area contributed by atoms with Gasteiger partial charge >= 0.3 is 0 Å². The summed E-state index contributed by atoms with van der Waals surface area (Å²) in [6.07, 6.45) is 0. The number of morpholine rings is 1. The van der Waals surface area contributed by atoms with Crippen molar-refractivity contribution in [3.8, 4) is 21.7 Å². The van der Waals surface area contributed by atoms with E-state index in [2.05, 4.69) is 32.7 Å². The Bertz CT molecular complexity index is 1290. The zero-order valence-electron chi connectivity index (χ0n) is 18.8. The number of hydrogen-bond donors (Lipinski definition) is 2. The van der Waals surface area contributed by atoms with E-state index in [1.165, 1.54) is 11.3 Å². The molecule has 1 saturated heterocycles. The molecule has 1 aliphatic heterocycles. The van der Waals surface area contributed by atoms with E-state index < -0.39 is 5.91 Å². The van der Waals surface area contributed by atoms with Crippen LogP contribution >= 0.6 is 22.7 Å². The van der Waals surface area contributed by atoms with E-state index in [9.17, 15) is 4.79 Å². The summed E-state index contributed by atoms with van der Waals surface area (Å²) >= 11 is 3.13. The van der Waals surface area contributed by atoms with Gasteiger partial charge in [0.1, 0.15) is 10.8 Å². The normalized spacial score (nSPS) is 14.3. The third-order valence-corrected chi connectivity index (χ3v) is 7.49. The fraction of sp³-hybridized carbons (Fsp3) is 0.240. The number of hydrogen-bond acceptors (Lipinski definition) is 8. The summed E-state index contributed by atoms with van der Waals surface area (Å²) < 4.78 is 5.42. The number of thiophene rings is 1. The standard InChI is InChI=1S/C25H25N5O2S2/c1-16-27-21(15-33-16)17-5-7-18(8-6-17)22-13-20(24(26)31)25(34-22)29-23-4-2-3-19(28-23)14-30-9-11-32-12-10-30/h2-8,13,15H,9-12,14H2,1H3,(H2,26,31)(H,28,29). The van der Waals surface area contributed by atoms with Crippen molar-refractivity contribution in [1.29, 1.82) is 0 Å². The Morgan fingerprint density at radius 2 is 1.88 bits per heavy atom. The number of aromatic nitrogens is 2. The van der Waals surface area contributed by atoms with Crippen LogP contribution in [0.5, 0.6) is 0 Å². The van der Waals surface area contributed by atoms with Crippen LogP contribution in [-0.4, -0.2) is 47.1 Å². The molecule has 0 bridgehead atoms. The first-order valence-corrected chi connectivity index (χ1v) is 12.7. The molecule has 0 spiro atoms. The molecule has 9 heteroatoms. The number of nitrogens with zero attached hydrogens (tertiary/aromatic N) is 3. The van der Waals surface area contributed by atoms with Crippen LogP contribution in [0.15, 0.2) is 53.9 Å². The highest BCUT2D eigenvalue weighted by Crippen LogP contribution is 2.37. The number of carbonyl (C=O) groups is 1. The van der Waals surface area contributed by atoms with Crippen LogP contribution in [0, 0.1) is 6.92 Å². The topological polar surface area (TPSA) is 93.4 Å². The lowest BCUT2D eigenvalue weighted by atomic mass is 10.1. The number of thiazole rings is 1. The van der Waals surface area contributed by atoms with E-state index in [1.807, 2.05) is 43.3 Å². The summed E-state index contributed by atoms with van der Waals surface area (Å²) in [6, 6.07) is 15.9. The van der Waals surface area contributed by atoms with E-state index >= 15 is 0 Å². The van der Waals surface area contributed by atoms with Gasteiger partial charge in [0.15, 0.2) is 0 Å². The number of benzene rings is 1. The molecule has 3 aromatic heterocycles. The van der Waals surface area contributed by atoms with Gasteiger partial charge in [-0.25, -0.2) is 9.97 Å². The third kappa shape index (κ3) is 5.18. The van der Waals surface area contributed by atoms with Gasteiger partial charge in [-0.3, -0.25) is 9.69 Å². The minimum atomic E-state index is -0.468. The van der Waals surface area contributed by atoms with Gasteiger partial charge in [-0.05, 0) is 30.7 Å². The van der Waals surface area contributed by atoms with Crippen LogP contribution in [0.2, 0.25) is 0 Å². The largest absolute Gasteiger partial charge is 0.379 e. The lowest BCUT2D eigenvalue weighted by molar-refractivity contribution is 0.0337. The number of ether oxygens (including phenoxy) is 1. The first-order valence-electron chi connectivity index (χ1n) is 11.0. The molecule has 5 rings (SSSR count). The van der Waals surface area contributed by atoms with Gasteiger partial charge in [0, 0.05) is 35.5 Å². The Labute approximate surface area is 206 Å². The molecule has 34 heavy (non-hydrogen) atoms. The van der Waals surface area contributed by atoms with Gasteiger partial charge in [0.25, 0.3) is 5.91 Å². The number of nitrogens with two attached hydrogens (primary N) is 1. The van der Waals surface area contributed by atoms with E-state index in [0.717, 1.165) is 65.2 Å². The third-order valence-electron chi connectivity index (χ3n) is 5.62. The summed E-state index contributed by atoms with van der Waals surface area (Å²) in [5.74, 6) is 0.222. The minimum absolute atomic E-state index is 0.458. The second kappa shape index (κ2) is 10.0. The predicted octanol–water partition coefficient (Wildman–Crippen LogP) is 4.92. The minimum Gasteiger partial charge on any atom is -0.379 e. The maximum atomic E-state index is 12.2. The lowest BCUT2D eigenvalue weighted by Gasteiger charge is -2.26. The molecule has 4 heterocycles. The van der Waals surface area contributed by atoms with E-state index in [4.69, 9.17) is 15.5 Å². The van der Waals surface area contributed by atoms with Crippen molar-refractivity contribution >= 4 is 39.4 Å². The van der Waals surface area contributed by atoms with Crippen LogP contribution < -0.4 is 11.1 Å². The quantitative estimate of drug-likeness (QED) is 0.381. The molecule has 0 radical (unpaired) electrons. The molecule has 7 nitrogen and oxygen atoms in total. The second-order valence-electron chi connectivity index (χ2n) is 8.07. The first kappa shape index (κ1) is 22.7. The monoisotopic (exact) mass is 491 g/mol. The van der Waals surface area contributed by atoms with Crippen molar-refractivity contribution in [3.63, 3.8) is 0 Å². The molecule has 0 aliphatic carbocycles. The van der Waals surface area contributed by atoms with E-state index in [-0.39, 0.29) is 0 Å². The fourth-order valence-corrected chi connectivity index (χ4v) is 5.55. The van der Waals surface area contributed by atoms with Crippen molar-refractivity contribution in [2.45, 2.75) is 13.5 Å². The maximum Gasteiger partial charge on any atom is 0.251 e. The number of pyridine rings is 1. The Kier molecular flexibility index (Phi) is 6.68. The average Bonchev–Trinajstić information content (AvgIpc) is 3.47. The summed E-state index contributed by atoms with van der Waals surface area (Å²) in [4.78, 5) is 24.8. The molecule has 3 N–H and O–H groups in total. The van der Waals surface area contributed by atoms with Crippen molar-refractivity contribution in [2.75, 3.05) is 31.6 Å². The number of anilines is 2. The number of carbonyl (C=O) groups excluding carboxylic acids is 1. The Morgan fingerprint density at radius 3 is 2.59 bits per heavy atom. The highest BCUT2D eigenvalue weighted by atomic mass is 32.1. The number of aryl methyl sites for hydroxylation is 1. The van der Waals surface area contributed by atoms with Gasteiger partial charge in [-0.2, -0.15) is 0 Å². The highest BCUT2D eigenvalue weighted by molar-refractivity contribution is 7.20. The van der Waals surface area contributed by atoms with Crippen LogP contribution in [0.1, 0.15) is 21.1 Å². The smallest absolute Gasteiger partial charge is 0.251 e. The van der Waals surface area contributed by atoms with Gasteiger partial charge < -0.3 is 15.8 Å². The van der Waals surface area contributed by atoms with Crippen LogP contribution in [0.25, 0.3) is 21.7 Å². The summed E-state index contributed by atoms with van der Waals surface area (Å²) in [5.41, 5.74) is 10.2. The predicted molar refractivity (Wildman–Crippen MR) is 138 cm³/mol. The van der Waals surface area contributed by atoms with Gasteiger partial charge in [0.2, 0.25) is 0 Å². The molecule has 0 saturated carbocycles. The van der Waals surface area contributed by atoms with Crippen molar-refractivity contribution in [1.82, 2.24) is 14.9 Å². The average molecular weight is 492 g/mol. The molecular weight excluding hydrogens is 466 g/mol. The molecule has 0 unspecified atom stereocenters. The Morgan fingerprint density at radius 1 is 1.12 bits per heavy atom. The second-order valence-corrected chi connectivity index (χ2v) is 10.2. The van der Waals surface area contributed by atoms with E-state index in [0.29, 0.717) is 16.4 Å². The zero-order valence-corrected chi connectivity index (χ0v) is 20.4. The molecule has 1 aliphatic rings. The van der Waals surface area contributed by atoms with Crippen molar-refractivity contribution < 1.29 is 9.53 Å². The molecule has 174 valence electrons. The molecular formula is C25H25N5O2S2. The number of amides is 1. The van der Waals surface area contributed by atoms with Gasteiger partial charge in [-0.15, -0.1) is 22.7 Å². The first-order chi connectivity index (χ1) is 16.5. The van der Waals surface area contributed by atoms with Crippen LogP contribution in [0.4, 0.5) is 10.8 Å².